The van der Waals surface area contributed by atoms with Gasteiger partial charge >= 0.3 is 12.1 Å². The molecule has 2 aromatic carbocycles. The van der Waals surface area contributed by atoms with Crippen LogP contribution in [0.25, 0.3) is 11.1 Å². The highest BCUT2D eigenvalue weighted by molar-refractivity contribution is 7.99. The number of carbonyl (C=O) groups is 2. The van der Waals surface area contributed by atoms with Crippen molar-refractivity contribution in [2.24, 2.45) is 0 Å². The third-order valence-electron chi connectivity index (χ3n) is 9.29. The average Bonchev–Trinajstić information content (AvgIpc) is 4.12. The fourth-order valence-electron chi connectivity index (χ4n) is 5.92. The van der Waals surface area contributed by atoms with Gasteiger partial charge in [0.05, 0.1) is 31.0 Å². The smallest absolute Gasteiger partial charge is 0.314 e. The average molecular weight is 768 g/mol. The Morgan fingerprint density at radius 1 is 0.887 bits per heavy atom. The zero-order chi connectivity index (χ0) is 37.3. The first kappa shape index (κ1) is 40.6. The first-order chi connectivity index (χ1) is 25.9. The lowest BCUT2D eigenvalue weighted by molar-refractivity contribution is 0.0173. The number of urea groups is 2. The van der Waals surface area contributed by atoms with Gasteiger partial charge < -0.3 is 41.0 Å². The summed E-state index contributed by atoms with van der Waals surface area (Å²) in [5.41, 5.74) is 3.83. The van der Waals surface area contributed by atoms with Crippen molar-refractivity contribution in [3.8, 4) is 16.9 Å². The molecule has 288 valence electrons. The third-order valence-corrected chi connectivity index (χ3v) is 10.7. The van der Waals surface area contributed by atoms with Gasteiger partial charge in [0.2, 0.25) is 0 Å². The molecule has 13 heteroatoms. The van der Waals surface area contributed by atoms with E-state index in [0.29, 0.717) is 50.3 Å². The van der Waals surface area contributed by atoms with Crippen molar-refractivity contribution in [1.29, 1.82) is 0 Å². The van der Waals surface area contributed by atoms with Crippen LogP contribution in [-0.2, 0) is 16.9 Å². The molecule has 1 atom stereocenters. The molecule has 0 aliphatic heterocycles. The molecule has 2 aliphatic carbocycles. The van der Waals surface area contributed by atoms with Gasteiger partial charge in [-0.3, -0.25) is 4.98 Å². The highest BCUT2D eigenvalue weighted by Gasteiger charge is 2.47. The Balaban J connectivity index is 0.942. The topological polar surface area (TPSA) is 154 Å². The minimum Gasteiger partial charge on any atom is -0.490 e. The molecule has 3 aromatic rings. The van der Waals surface area contributed by atoms with E-state index in [2.05, 4.69) is 44.5 Å². The number of aromatic nitrogens is 1. The van der Waals surface area contributed by atoms with Gasteiger partial charge in [0.25, 0.3) is 0 Å². The maximum atomic E-state index is 12.1. The Morgan fingerprint density at radius 2 is 1.55 bits per heavy atom. The Labute approximate surface area is 322 Å². The molecule has 1 unspecified atom stereocenters. The van der Waals surface area contributed by atoms with Gasteiger partial charge in [-0.1, -0.05) is 29.8 Å². The van der Waals surface area contributed by atoms with E-state index in [1.54, 1.807) is 11.8 Å². The normalized spacial score (nSPS) is 15.0. The van der Waals surface area contributed by atoms with Gasteiger partial charge in [-0.15, -0.1) is 11.8 Å². The molecule has 1 aromatic heterocycles. The van der Waals surface area contributed by atoms with E-state index in [1.165, 1.54) is 0 Å². The van der Waals surface area contributed by atoms with Crippen LogP contribution in [0.15, 0.2) is 65.8 Å². The number of hydrogen-bond donors (Lipinski definition) is 6. The Bertz CT molecular complexity index is 1610. The summed E-state index contributed by atoms with van der Waals surface area (Å²) in [4.78, 5) is 29.6. The van der Waals surface area contributed by atoms with E-state index in [-0.39, 0.29) is 18.7 Å². The van der Waals surface area contributed by atoms with Gasteiger partial charge in [0, 0.05) is 59.6 Å². The summed E-state index contributed by atoms with van der Waals surface area (Å²) in [6.07, 6.45) is 12.8. The number of pyridine rings is 1. The van der Waals surface area contributed by atoms with E-state index < -0.39 is 11.7 Å². The predicted octanol–water partition coefficient (Wildman–Crippen LogP) is 6.92. The van der Waals surface area contributed by atoms with Gasteiger partial charge in [-0.2, -0.15) is 0 Å². The van der Waals surface area contributed by atoms with E-state index in [9.17, 15) is 14.7 Å². The standard InChI is InChI=1S/C40H54ClN5O6S/c41-36-15-14-32(53-24-8-7-22-46-39(50)45-21-6-5-20-44-38(49)43-19-4-3-9-30(48)27-47)25-29(36)28-51-40(17-18-40)35-26-42-23-16-33(35)34-10-1-2-11-37(34)52-31-12-13-31/h1-2,10-11,14-16,23,25-26,30-31,47-48H,3-9,12-13,17-22,24,27-28H2,(H2,43,44,49)(H2,45,46,50). The lowest BCUT2D eigenvalue weighted by atomic mass is 9.96. The van der Waals surface area contributed by atoms with Crippen molar-refractivity contribution < 1.29 is 29.3 Å². The lowest BCUT2D eigenvalue weighted by Gasteiger charge is -2.22. The number of hydrogen-bond acceptors (Lipinski definition) is 8. The molecule has 1 heterocycles. The van der Waals surface area contributed by atoms with Crippen LogP contribution in [0.3, 0.4) is 0 Å². The molecule has 0 saturated heterocycles. The number of unbranched alkanes of at least 4 members (excludes halogenated alkanes) is 3. The van der Waals surface area contributed by atoms with Crippen molar-refractivity contribution >= 4 is 35.4 Å². The zero-order valence-corrected chi connectivity index (χ0v) is 32.0. The highest BCUT2D eigenvalue weighted by Crippen LogP contribution is 2.53. The number of aliphatic hydroxyl groups excluding tert-OH is 2. The third kappa shape index (κ3) is 13.7. The van der Waals surface area contributed by atoms with E-state index in [1.807, 2.05) is 42.7 Å². The molecule has 2 saturated carbocycles. The first-order valence-corrected chi connectivity index (χ1v) is 20.3. The van der Waals surface area contributed by atoms with Gasteiger partial charge in [0.1, 0.15) is 5.75 Å². The zero-order valence-electron chi connectivity index (χ0n) is 30.4. The van der Waals surface area contributed by atoms with Crippen molar-refractivity contribution in [2.45, 2.75) is 99.9 Å². The number of thioether (sulfide) groups is 1. The summed E-state index contributed by atoms with van der Waals surface area (Å²) in [6.45, 7) is 2.35. The summed E-state index contributed by atoms with van der Waals surface area (Å²) in [5, 5.41) is 30.2. The largest absolute Gasteiger partial charge is 0.490 e. The van der Waals surface area contributed by atoms with Crippen molar-refractivity contribution in [3.63, 3.8) is 0 Å². The summed E-state index contributed by atoms with van der Waals surface area (Å²) >= 11 is 8.41. The maximum Gasteiger partial charge on any atom is 0.314 e. The van der Waals surface area contributed by atoms with Crippen LogP contribution in [0, 0.1) is 0 Å². The number of para-hydroxylation sites is 1. The summed E-state index contributed by atoms with van der Waals surface area (Å²) in [6, 6.07) is 16.0. The molecule has 6 N–H and O–H groups in total. The Morgan fingerprint density at radius 3 is 2.21 bits per heavy atom. The number of nitrogens with one attached hydrogen (secondary N) is 4. The highest BCUT2D eigenvalue weighted by atomic mass is 35.5. The van der Waals surface area contributed by atoms with Crippen LogP contribution in [0.1, 0.15) is 81.8 Å². The molecular weight excluding hydrogens is 714 g/mol. The summed E-state index contributed by atoms with van der Waals surface area (Å²) in [7, 11) is 0. The van der Waals surface area contributed by atoms with Gasteiger partial charge in [-0.05, 0) is 118 Å². The molecule has 53 heavy (non-hydrogen) atoms. The fourth-order valence-corrected chi connectivity index (χ4v) is 7.06. The molecular formula is C40H54ClN5O6S. The molecule has 4 amide bonds. The number of benzene rings is 2. The number of aliphatic hydroxyl groups is 2. The number of amides is 4. The van der Waals surface area contributed by atoms with Gasteiger partial charge in [0.15, 0.2) is 0 Å². The van der Waals surface area contributed by atoms with E-state index >= 15 is 0 Å². The van der Waals surface area contributed by atoms with Crippen molar-refractivity contribution in [3.05, 3.63) is 77.1 Å². The molecule has 0 radical (unpaired) electrons. The second-order valence-corrected chi connectivity index (χ2v) is 15.3. The Kier molecular flexibility index (Phi) is 16.4. The van der Waals surface area contributed by atoms with Crippen LogP contribution >= 0.6 is 23.4 Å². The quantitative estimate of drug-likeness (QED) is 0.0424. The SMILES string of the molecule is O=C(NCCCCNC(=O)NCCCCC(O)CO)NCCCCSc1ccc(Cl)c(COC2(c3cnccc3-c3ccccc3OC3CC3)CC2)c1. The van der Waals surface area contributed by atoms with Crippen LogP contribution in [0.4, 0.5) is 9.59 Å². The van der Waals surface area contributed by atoms with Crippen molar-refractivity contribution in [2.75, 3.05) is 38.5 Å². The Hall–Kier alpha value is -3.55. The minimum atomic E-state index is -0.691. The number of nitrogens with zero attached hydrogens (tertiary/aromatic N) is 1. The molecule has 0 bridgehead atoms. The molecule has 5 rings (SSSR count). The second-order valence-electron chi connectivity index (χ2n) is 13.7. The second kappa shape index (κ2) is 21.4. The summed E-state index contributed by atoms with van der Waals surface area (Å²) in [5.74, 6) is 1.83. The predicted molar refractivity (Wildman–Crippen MR) is 209 cm³/mol. The number of carbonyl (C=O) groups excluding carboxylic acids is 2. The molecule has 11 nitrogen and oxygen atoms in total. The first-order valence-electron chi connectivity index (χ1n) is 18.9. The number of halogens is 1. The van der Waals surface area contributed by atoms with Crippen LogP contribution in [0.5, 0.6) is 5.75 Å². The number of rotatable bonds is 24. The summed E-state index contributed by atoms with van der Waals surface area (Å²) < 4.78 is 12.9. The van der Waals surface area contributed by atoms with Crippen LogP contribution < -0.4 is 26.0 Å². The van der Waals surface area contributed by atoms with Gasteiger partial charge in [-0.25, -0.2) is 9.59 Å². The molecule has 0 spiro atoms. The van der Waals surface area contributed by atoms with Crippen LogP contribution in [0.2, 0.25) is 5.02 Å². The minimum absolute atomic E-state index is 0.181. The van der Waals surface area contributed by atoms with Crippen molar-refractivity contribution in [1.82, 2.24) is 26.3 Å². The fraction of sp³-hybridized carbons (Fsp3) is 0.525. The number of ether oxygens (including phenoxy) is 2. The van der Waals surface area contributed by atoms with E-state index in [0.717, 1.165) is 103 Å². The molecule has 2 aliphatic rings. The maximum absolute atomic E-state index is 12.1. The lowest BCUT2D eigenvalue weighted by Crippen LogP contribution is -2.38. The monoisotopic (exact) mass is 767 g/mol. The van der Waals surface area contributed by atoms with E-state index in [4.69, 9.17) is 26.2 Å². The van der Waals surface area contributed by atoms with Crippen LogP contribution in [-0.4, -0.2) is 78.0 Å². The molecule has 2 fully saturated rings.